The van der Waals surface area contributed by atoms with Gasteiger partial charge in [0.05, 0.1) is 0 Å². The van der Waals surface area contributed by atoms with Crippen LogP contribution in [0.5, 0.6) is 0 Å². The summed E-state index contributed by atoms with van der Waals surface area (Å²) in [4.78, 5) is 27.0. The van der Waals surface area contributed by atoms with Crippen molar-refractivity contribution >= 4 is 33.8 Å². The summed E-state index contributed by atoms with van der Waals surface area (Å²) in [5.74, 6) is -1.78. The Balaban J connectivity index is 1.58. The Morgan fingerprint density at radius 1 is 1.03 bits per heavy atom. The fourth-order valence-electron chi connectivity index (χ4n) is 4.00. The van der Waals surface area contributed by atoms with Crippen LogP contribution in [-0.4, -0.2) is 53.0 Å². The van der Waals surface area contributed by atoms with E-state index < -0.39 is 55.9 Å². The van der Waals surface area contributed by atoms with Gasteiger partial charge < -0.3 is 9.64 Å². The number of rotatable bonds is 6. The maximum absolute atomic E-state index is 13.3. The zero-order valence-corrected chi connectivity index (χ0v) is 19.6. The number of ether oxygens (including phenoxy) is 1. The van der Waals surface area contributed by atoms with E-state index in [1.807, 2.05) is 12.1 Å². The Hall–Kier alpha value is -2.57. The smallest absolute Gasteiger partial charge is 0.451 e. The lowest BCUT2D eigenvalue weighted by Crippen LogP contribution is -2.67. The Morgan fingerprint density at radius 3 is 2.00 bits per heavy atom. The molecule has 4 rings (SSSR count). The molecule has 3 atom stereocenters. The Bertz CT molecular complexity index is 1150. The highest BCUT2D eigenvalue weighted by molar-refractivity contribution is 8.01. The summed E-state index contributed by atoms with van der Waals surface area (Å²) >= 11 is 0.983. The largest absolute Gasteiger partial charge is 0.523 e. The standard InChI is InChI=1S/C22H20F3NO6S2/c1-21(2)17(26-18(27)16(19(26)33-21)32-34(29,30)22(23,24)25)20(28)31-15(13-9-5-3-6-10-13)14-11-7-4-8-12-14/h3-12,15-17,19H,1-2H3/t16-,17-,19+/m0/s1. The summed E-state index contributed by atoms with van der Waals surface area (Å²) in [7, 11) is -5.97. The maximum Gasteiger partial charge on any atom is 0.523 e. The van der Waals surface area contributed by atoms with Crippen LogP contribution in [0.15, 0.2) is 60.7 Å². The molecular weight excluding hydrogens is 495 g/mol. The van der Waals surface area contributed by atoms with Crippen LogP contribution in [0.25, 0.3) is 0 Å². The second kappa shape index (κ2) is 8.58. The molecule has 182 valence electrons. The summed E-state index contributed by atoms with van der Waals surface area (Å²) in [5, 5.41) is -1.08. The molecule has 2 fully saturated rings. The van der Waals surface area contributed by atoms with Crippen molar-refractivity contribution in [1.82, 2.24) is 4.90 Å². The van der Waals surface area contributed by atoms with Gasteiger partial charge in [0.25, 0.3) is 5.91 Å². The quantitative estimate of drug-likeness (QED) is 0.251. The zero-order chi connectivity index (χ0) is 24.9. The first-order chi connectivity index (χ1) is 15.8. The van der Waals surface area contributed by atoms with Crippen molar-refractivity contribution in [3.63, 3.8) is 0 Å². The van der Waals surface area contributed by atoms with Crippen LogP contribution in [0, 0.1) is 0 Å². The molecule has 0 bridgehead atoms. The number of hydrogen-bond acceptors (Lipinski definition) is 7. The molecule has 2 aromatic carbocycles. The molecule has 0 saturated carbocycles. The lowest BCUT2D eigenvalue weighted by molar-refractivity contribution is -0.172. The normalized spacial score (nSPS) is 24.0. The highest BCUT2D eigenvalue weighted by atomic mass is 32.2. The highest BCUT2D eigenvalue weighted by Gasteiger charge is 2.67. The van der Waals surface area contributed by atoms with Gasteiger partial charge in [-0.05, 0) is 25.0 Å². The summed E-state index contributed by atoms with van der Waals surface area (Å²) in [6.45, 7) is 3.26. The molecule has 2 aromatic rings. The Labute approximate surface area is 198 Å². The van der Waals surface area contributed by atoms with Crippen molar-refractivity contribution in [3.8, 4) is 0 Å². The molecule has 0 aliphatic carbocycles. The average Bonchev–Trinajstić information content (AvgIpc) is 3.04. The molecule has 0 N–H and O–H groups in total. The van der Waals surface area contributed by atoms with Crippen molar-refractivity contribution in [1.29, 1.82) is 0 Å². The number of halogens is 3. The molecule has 2 saturated heterocycles. The summed E-state index contributed by atoms with van der Waals surface area (Å²) in [5.41, 5.74) is -4.28. The van der Waals surface area contributed by atoms with Gasteiger partial charge in [0, 0.05) is 4.75 Å². The summed E-state index contributed by atoms with van der Waals surface area (Å²) < 4.78 is 70.1. The van der Waals surface area contributed by atoms with Crippen molar-refractivity contribution in [2.24, 2.45) is 0 Å². The van der Waals surface area contributed by atoms with Crippen LogP contribution < -0.4 is 0 Å². The number of β-lactam (4-membered cyclic amide) rings is 1. The Morgan fingerprint density at radius 2 is 1.53 bits per heavy atom. The molecule has 7 nitrogen and oxygen atoms in total. The fraction of sp³-hybridized carbons (Fsp3) is 0.364. The van der Waals surface area contributed by atoms with Crippen LogP contribution >= 0.6 is 11.8 Å². The molecular formula is C22H20F3NO6S2. The van der Waals surface area contributed by atoms with Crippen LogP contribution in [0.4, 0.5) is 13.2 Å². The number of alkyl halides is 3. The number of nitrogens with zero attached hydrogens (tertiary/aromatic N) is 1. The number of benzene rings is 2. The van der Waals surface area contributed by atoms with Gasteiger partial charge in [-0.25, -0.2) is 8.98 Å². The molecule has 12 heteroatoms. The summed E-state index contributed by atoms with van der Waals surface area (Å²) in [6.07, 6.45) is -2.66. The second-order valence-corrected chi connectivity index (χ2v) is 11.6. The van der Waals surface area contributed by atoms with Crippen molar-refractivity contribution in [2.45, 2.75) is 47.7 Å². The molecule has 0 radical (unpaired) electrons. The first-order valence-electron chi connectivity index (χ1n) is 10.1. The lowest BCUT2D eigenvalue weighted by atomic mass is 9.96. The number of carbonyl (C=O) groups is 2. The molecule has 34 heavy (non-hydrogen) atoms. The van der Waals surface area contributed by atoms with Crippen LogP contribution in [-0.2, 0) is 28.6 Å². The van der Waals surface area contributed by atoms with Crippen molar-refractivity contribution in [3.05, 3.63) is 71.8 Å². The third-order valence-corrected chi connectivity index (χ3v) is 8.14. The Kier molecular flexibility index (Phi) is 6.19. The minimum Gasteiger partial charge on any atom is -0.451 e. The van der Waals surface area contributed by atoms with Crippen molar-refractivity contribution < 1.29 is 40.1 Å². The van der Waals surface area contributed by atoms with Crippen LogP contribution in [0.3, 0.4) is 0 Å². The van der Waals surface area contributed by atoms with Crippen LogP contribution in [0.1, 0.15) is 31.1 Å². The number of esters is 1. The first-order valence-corrected chi connectivity index (χ1v) is 12.4. The van der Waals surface area contributed by atoms with E-state index >= 15 is 0 Å². The number of thioether (sulfide) groups is 1. The molecule has 2 aliphatic heterocycles. The third-order valence-electron chi connectivity index (χ3n) is 5.57. The van der Waals surface area contributed by atoms with Gasteiger partial charge in [0.1, 0.15) is 11.4 Å². The monoisotopic (exact) mass is 515 g/mol. The van der Waals surface area contributed by atoms with E-state index in [1.165, 1.54) is 0 Å². The van der Waals surface area contributed by atoms with Crippen LogP contribution in [0.2, 0.25) is 0 Å². The minimum atomic E-state index is -5.97. The molecule has 0 unspecified atom stereocenters. The van der Waals surface area contributed by atoms with Gasteiger partial charge in [-0.1, -0.05) is 60.7 Å². The van der Waals surface area contributed by atoms with Gasteiger partial charge in [0.2, 0.25) is 0 Å². The predicted molar refractivity (Wildman–Crippen MR) is 117 cm³/mol. The van der Waals surface area contributed by atoms with Gasteiger partial charge in [-0.15, -0.1) is 11.8 Å². The maximum atomic E-state index is 13.3. The fourth-order valence-corrected chi connectivity index (χ4v) is 6.24. The zero-order valence-electron chi connectivity index (χ0n) is 17.9. The van der Waals surface area contributed by atoms with E-state index in [1.54, 1.807) is 62.4 Å². The number of amides is 1. The molecule has 1 amide bonds. The third kappa shape index (κ3) is 4.29. The molecule has 2 heterocycles. The molecule has 0 spiro atoms. The van der Waals surface area contributed by atoms with E-state index in [4.69, 9.17) is 4.74 Å². The van der Waals surface area contributed by atoms with E-state index in [0.29, 0.717) is 11.1 Å². The second-order valence-electron chi connectivity index (χ2n) is 8.31. The van der Waals surface area contributed by atoms with Crippen molar-refractivity contribution in [2.75, 3.05) is 0 Å². The topological polar surface area (TPSA) is 90.0 Å². The van der Waals surface area contributed by atoms with Gasteiger partial charge in [-0.3, -0.25) is 4.79 Å². The number of hydrogen-bond donors (Lipinski definition) is 0. The number of fused-ring (bicyclic) bond motifs is 1. The summed E-state index contributed by atoms with van der Waals surface area (Å²) in [6, 6.07) is 16.7. The van der Waals surface area contributed by atoms with E-state index in [0.717, 1.165) is 16.7 Å². The van der Waals surface area contributed by atoms with Gasteiger partial charge >= 0.3 is 21.6 Å². The number of carbonyl (C=O) groups excluding carboxylic acids is 2. The van der Waals surface area contributed by atoms with E-state index in [2.05, 4.69) is 4.18 Å². The molecule has 2 aliphatic rings. The average molecular weight is 516 g/mol. The molecule has 0 aromatic heterocycles. The SMILES string of the molecule is CC1(C)S[C@@H]2[C@@H](OS(=O)(=O)C(F)(F)F)C(=O)N2[C@H]1C(=O)OC(c1ccccc1)c1ccccc1. The van der Waals surface area contributed by atoms with E-state index in [9.17, 15) is 31.2 Å². The first kappa shape index (κ1) is 24.6. The minimum absolute atomic E-state index is 0.689. The van der Waals surface area contributed by atoms with Gasteiger partial charge in [-0.2, -0.15) is 21.6 Å². The predicted octanol–water partition coefficient (Wildman–Crippen LogP) is 3.62. The lowest BCUT2D eigenvalue weighted by Gasteiger charge is -2.42. The van der Waals surface area contributed by atoms with Gasteiger partial charge in [0.15, 0.2) is 12.2 Å². The highest BCUT2D eigenvalue weighted by Crippen LogP contribution is 2.53. The van der Waals surface area contributed by atoms with E-state index in [-0.39, 0.29) is 0 Å².